The van der Waals surface area contributed by atoms with Gasteiger partial charge in [0.15, 0.2) is 5.78 Å². The largest absolute Gasteiger partial charge is 0.399 e. The normalized spacial score (nSPS) is 20.5. The van der Waals surface area contributed by atoms with E-state index in [1.165, 1.54) is 11.6 Å². The third kappa shape index (κ3) is 4.73. The van der Waals surface area contributed by atoms with Crippen LogP contribution in [-0.4, -0.2) is 49.3 Å². The lowest BCUT2D eigenvalue weighted by Gasteiger charge is -2.34. The van der Waals surface area contributed by atoms with Gasteiger partial charge >= 0.3 is 0 Å². The average Bonchev–Trinajstić information content (AvgIpc) is 3.53. The van der Waals surface area contributed by atoms with E-state index in [1.54, 1.807) is 41.3 Å². The number of nitrogens with zero attached hydrogens (tertiary/aromatic N) is 4. The Balaban J connectivity index is 0.00000141. The van der Waals surface area contributed by atoms with Crippen LogP contribution in [0.4, 0.5) is 11.5 Å². The van der Waals surface area contributed by atoms with Crippen molar-refractivity contribution < 1.29 is 14.4 Å². The van der Waals surface area contributed by atoms with Gasteiger partial charge in [-0.3, -0.25) is 19.1 Å². The van der Waals surface area contributed by atoms with Crippen molar-refractivity contribution >= 4 is 51.6 Å². The summed E-state index contributed by atoms with van der Waals surface area (Å²) >= 11 is 5.93. The number of Topliss-reactive ketones (excluding diaryl/α,β-unsaturated/α-hetero) is 1. The minimum Gasteiger partial charge on any atom is -0.399 e. The highest BCUT2D eigenvalue weighted by molar-refractivity contribution is 6.29. The van der Waals surface area contributed by atoms with E-state index in [2.05, 4.69) is 15.4 Å². The van der Waals surface area contributed by atoms with Crippen LogP contribution in [0.25, 0.3) is 10.9 Å². The second-order valence-corrected chi connectivity index (χ2v) is 9.03. The Morgan fingerprint density at radius 3 is 2.66 bits per heavy atom. The molecule has 35 heavy (non-hydrogen) atoms. The molecule has 2 bridgehead atoms. The minimum atomic E-state index is -0.582. The second kappa shape index (κ2) is 10.0. The van der Waals surface area contributed by atoms with Crippen molar-refractivity contribution in [2.24, 2.45) is 5.92 Å². The van der Waals surface area contributed by atoms with E-state index in [0.717, 1.165) is 19.3 Å². The van der Waals surface area contributed by atoms with Crippen molar-refractivity contribution in [1.82, 2.24) is 19.7 Å². The molecule has 1 aliphatic carbocycles. The van der Waals surface area contributed by atoms with Gasteiger partial charge in [-0.05, 0) is 55.5 Å². The molecule has 1 aromatic carbocycles. The number of carbonyl (C=O) groups excluding carboxylic acids is 3. The van der Waals surface area contributed by atoms with Crippen LogP contribution in [0.2, 0.25) is 5.15 Å². The summed E-state index contributed by atoms with van der Waals surface area (Å²) in [6.45, 7) is 5.36. The van der Waals surface area contributed by atoms with E-state index >= 15 is 0 Å². The quantitative estimate of drug-likeness (QED) is 0.313. The molecular formula is C25H29ClN6O3. The maximum absolute atomic E-state index is 13.5. The van der Waals surface area contributed by atoms with Crippen molar-refractivity contribution in [3.8, 4) is 0 Å². The van der Waals surface area contributed by atoms with Crippen LogP contribution < -0.4 is 11.1 Å². The molecule has 3 heterocycles. The SMILES string of the molecule is CC.CC(=O)c1nn(CC(=O)N2C3CCC(C3)C2C(=O)Nc2cccc(Cl)n2)c2ccc(N)cc12. The molecule has 2 aliphatic rings. The number of likely N-dealkylation sites (tertiary alicyclic amines) is 1. The minimum absolute atomic E-state index is 0.00955. The van der Waals surface area contributed by atoms with Crippen LogP contribution in [0.1, 0.15) is 50.5 Å². The lowest BCUT2D eigenvalue weighted by atomic mass is 9.97. The summed E-state index contributed by atoms with van der Waals surface area (Å²) < 4.78 is 1.52. The van der Waals surface area contributed by atoms with Gasteiger partial charge in [0.1, 0.15) is 29.3 Å². The number of aromatic nitrogens is 3. The Labute approximate surface area is 208 Å². The van der Waals surface area contributed by atoms with E-state index in [0.29, 0.717) is 22.4 Å². The fraction of sp³-hybridized carbons (Fsp3) is 0.400. The molecule has 1 saturated carbocycles. The Hall–Kier alpha value is -3.46. The molecule has 1 saturated heterocycles. The van der Waals surface area contributed by atoms with Crippen LogP contribution >= 0.6 is 11.6 Å². The first-order chi connectivity index (χ1) is 16.8. The summed E-state index contributed by atoms with van der Waals surface area (Å²) in [5.41, 5.74) is 7.32. The van der Waals surface area contributed by atoms with Crippen LogP contribution in [0.3, 0.4) is 0 Å². The highest BCUT2D eigenvalue weighted by Crippen LogP contribution is 2.43. The molecule has 3 atom stereocenters. The summed E-state index contributed by atoms with van der Waals surface area (Å²) in [5.74, 6) is -0.238. The number of anilines is 2. The van der Waals surface area contributed by atoms with Crippen molar-refractivity contribution in [2.75, 3.05) is 11.1 Å². The number of fused-ring (bicyclic) bond motifs is 3. The number of carbonyl (C=O) groups is 3. The molecule has 5 rings (SSSR count). The average molecular weight is 497 g/mol. The predicted octanol–water partition coefficient (Wildman–Crippen LogP) is 3.91. The zero-order chi connectivity index (χ0) is 25.3. The number of halogens is 1. The standard InChI is InChI=1S/C23H23ClN6O3.C2H6/c1-12(31)21-16-10-14(25)6-8-17(16)29(28-21)11-20(32)30-15-7-5-13(9-15)22(30)23(33)27-19-4-2-3-18(24)26-19;1-2/h2-4,6,8,10,13,15,22H,5,7,9,11,25H2,1H3,(H,26,27,33);1-2H3. The lowest BCUT2D eigenvalue weighted by molar-refractivity contribution is -0.141. The van der Waals surface area contributed by atoms with Gasteiger partial charge in [-0.1, -0.05) is 31.5 Å². The van der Waals surface area contributed by atoms with E-state index < -0.39 is 6.04 Å². The lowest BCUT2D eigenvalue weighted by Crippen LogP contribution is -2.52. The fourth-order valence-electron chi connectivity index (χ4n) is 5.15. The van der Waals surface area contributed by atoms with Crippen molar-refractivity contribution in [2.45, 2.75) is 58.7 Å². The molecule has 3 aromatic rings. The zero-order valence-electron chi connectivity index (χ0n) is 20.0. The number of benzene rings is 1. The summed E-state index contributed by atoms with van der Waals surface area (Å²) in [6, 6.07) is 9.57. The van der Waals surface area contributed by atoms with E-state index in [1.807, 2.05) is 13.8 Å². The molecular weight excluding hydrogens is 468 g/mol. The van der Waals surface area contributed by atoms with Gasteiger partial charge in [0.2, 0.25) is 11.8 Å². The van der Waals surface area contributed by atoms with Crippen molar-refractivity contribution in [3.63, 3.8) is 0 Å². The first-order valence-corrected chi connectivity index (χ1v) is 12.2. The number of rotatable bonds is 5. The maximum atomic E-state index is 13.5. The van der Waals surface area contributed by atoms with E-state index in [4.69, 9.17) is 17.3 Å². The van der Waals surface area contributed by atoms with E-state index in [9.17, 15) is 14.4 Å². The monoisotopic (exact) mass is 496 g/mol. The number of nitrogens with one attached hydrogen (secondary N) is 1. The molecule has 2 amide bonds. The summed E-state index contributed by atoms with van der Waals surface area (Å²) in [6.07, 6.45) is 2.56. The number of ketones is 1. The van der Waals surface area contributed by atoms with E-state index in [-0.39, 0.29) is 46.9 Å². The Morgan fingerprint density at radius 2 is 1.94 bits per heavy atom. The molecule has 1 aliphatic heterocycles. The Morgan fingerprint density at radius 1 is 1.17 bits per heavy atom. The maximum Gasteiger partial charge on any atom is 0.248 e. The summed E-state index contributed by atoms with van der Waals surface area (Å²) in [4.78, 5) is 44.5. The zero-order valence-corrected chi connectivity index (χ0v) is 20.7. The van der Waals surface area contributed by atoms with Gasteiger partial charge in [-0.15, -0.1) is 0 Å². The van der Waals surface area contributed by atoms with Crippen molar-refractivity contribution in [1.29, 1.82) is 0 Å². The summed E-state index contributed by atoms with van der Waals surface area (Å²) in [5, 5.41) is 8.08. The van der Waals surface area contributed by atoms with Crippen LogP contribution in [-0.2, 0) is 16.1 Å². The topological polar surface area (TPSA) is 123 Å². The van der Waals surface area contributed by atoms with Gasteiger partial charge in [-0.25, -0.2) is 4.98 Å². The van der Waals surface area contributed by atoms with Gasteiger partial charge in [0.05, 0.1) is 5.52 Å². The van der Waals surface area contributed by atoms with Crippen LogP contribution in [0, 0.1) is 5.92 Å². The first kappa shape index (κ1) is 24.7. The molecule has 0 radical (unpaired) electrons. The van der Waals surface area contributed by atoms with Crippen LogP contribution in [0.15, 0.2) is 36.4 Å². The number of nitrogen functional groups attached to an aromatic ring is 1. The van der Waals surface area contributed by atoms with Gasteiger partial charge in [0, 0.05) is 24.0 Å². The molecule has 0 spiro atoms. The Bertz CT molecular complexity index is 1290. The number of amides is 2. The molecule has 9 nitrogen and oxygen atoms in total. The molecule has 10 heteroatoms. The molecule has 3 N–H and O–H groups in total. The molecule has 2 aromatic heterocycles. The highest BCUT2D eigenvalue weighted by atomic mass is 35.5. The third-order valence-corrected chi connectivity index (χ3v) is 6.71. The van der Waals surface area contributed by atoms with Gasteiger partial charge in [0.25, 0.3) is 0 Å². The molecule has 184 valence electrons. The van der Waals surface area contributed by atoms with Gasteiger partial charge in [-0.2, -0.15) is 5.10 Å². The van der Waals surface area contributed by atoms with Gasteiger partial charge < -0.3 is 16.0 Å². The Kier molecular flexibility index (Phi) is 7.07. The second-order valence-electron chi connectivity index (χ2n) is 8.65. The number of nitrogens with two attached hydrogens (primary N) is 1. The smallest absolute Gasteiger partial charge is 0.248 e. The first-order valence-electron chi connectivity index (χ1n) is 11.8. The summed E-state index contributed by atoms with van der Waals surface area (Å²) in [7, 11) is 0. The molecule has 3 unspecified atom stereocenters. The van der Waals surface area contributed by atoms with Crippen molar-refractivity contribution in [3.05, 3.63) is 47.2 Å². The molecule has 2 fully saturated rings. The van der Waals surface area contributed by atoms with Crippen LogP contribution in [0.5, 0.6) is 0 Å². The number of pyridine rings is 1. The fourth-order valence-corrected chi connectivity index (χ4v) is 5.31. The number of hydrogen-bond acceptors (Lipinski definition) is 6. The third-order valence-electron chi connectivity index (χ3n) is 6.50. The highest BCUT2D eigenvalue weighted by Gasteiger charge is 2.51. The predicted molar refractivity (Wildman–Crippen MR) is 135 cm³/mol. The number of hydrogen-bond donors (Lipinski definition) is 2. The number of piperidine rings is 1.